The average molecular weight is 454 g/mol. The highest BCUT2D eigenvalue weighted by molar-refractivity contribution is 5.75. The number of hydrogen-bond donors (Lipinski definition) is 5. The van der Waals surface area contributed by atoms with Gasteiger partial charge in [-0.1, -0.05) is 36.4 Å². The standard InChI is InChI=1S/C28H22O6/c29-20-7-2-16(3-8-20)1-4-18-11-24(33)15-25-26(18)27(19-12-22(31)14-23(32)13-19)28(34-25)17-5-9-21(30)10-6-17/h1-15,27-33H/t27-,28-/m1/s1. The molecule has 5 rings (SSSR count). The number of phenolic OH excluding ortho intramolecular Hbond substituents is 5. The van der Waals surface area contributed by atoms with Crippen LogP contribution in [0.15, 0.2) is 78.9 Å². The smallest absolute Gasteiger partial charge is 0.135 e. The number of hydrogen-bond acceptors (Lipinski definition) is 6. The molecule has 0 aromatic heterocycles. The Bertz CT molecular complexity index is 1350. The molecule has 0 saturated carbocycles. The van der Waals surface area contributed by atoms with Gasteiger partial charge in [-0.3, -0.25) is 0 Å². The topological polar surface area (TPSA) is 110 Å². The first-order chi connectivity index (χ1) is 16.4. The van der Waals surface area contributed by atoms with Crippen LogP contribution in [0.4, 0.5) is 0 Å². The van der Waals surface area contributed by atoms with Gasteiger partial charge in [-0.2, -0.15) is 0 Å². The number of benzene rings is 4. The Balaban J connectivity index is 1.67. The van der Waals surface area contributed by atoms with Gasteiger partial charge in [-0.05, 0) is 64.7 Å². The van der Waals surface area contributed by atoms with Crippen molar-refractivity contribution in [2.45, 2.75) is 12.0 Å². The average Bonchev–Trinajstić information content (AvgIpc) is 3.17. The molecule has 5 N–H and O–H groups in total. The third-order valence-corrected chi connectivity index (χ3v) is 5.88. The normalized spacial score (nSPS) is 16.9. The molecule has 1 heterocycles. The van der Waals surface area contributed by atoms with E-state index in [9.17, 15) is 25.5 Å². The summed E-state index contributed by atoms with van der Waals surface area (Å²) in [5.41, 5.74) is 3.78. The number of ether oxygens (including phenoxy) is 1. The van der Waals surface area contributed by atoms with Crippen molar-refractivity contribution in [2.24, 2.45) is 0 Å². The van der Waals surface area contributed by atoms with Crippen LogP contribution in [0.3, 0.4) is 0 Å². The van der Waals surface area contributed by atoms with Crippen molar-refractivity contribution in [1.82, 2.24) is 0 Å². The third kappa shape index (κ3) is 4.09. The van der Waals surface area contributed by atoms with Gasteiger partial charge in [0.2, 0.25) is 0 Å². The zero-order chi connectivity index (χ0) is 23.8. The molecule has 0 radical (unpaired) electrons. The molecule has 1 aliphatic rings. The number of rotatable bonds is 4. The minimum Gasteiger partial charge on any atom is -0.508 e. The first kappa shape index (κ1) is 21.3. The van der Waals surface area contributed by atoms with Gasteiger partial charge in [0.15, 0.2) is 0 Å². The molecule has 2 atom stereocenters. The van der Waals surface area contributed by atoms with E-state index < -0.39 is 12.0 Å². The number of fused-ring (bicyclic) bond motifs is 1. The van der Waals surface area contributed by atoms with Gasteiger partial charge < -0.3 is 30.3 Å². The van der Waals surface area contributed by atoms with Gasteiger partial charge in [-0.25, -0.2) is 0 Å². The maximum Gasteiger partial charge on any atom is 0.135 e. The zero-order valence-electron chi connectivity index (χ0n) is 18.0. The molecular weight excluding hydrogens is 432 g/mol. The van der Waals surface area contributed by atoms with Gasteiger partial charge in [0.05, 0.1) is 5.92 Å². The van der Waals surface area contributed by atoms with E-state index in [0.717, 1.165) is 16.7 Å². The van der Waals surface area contributed by atoms with Gasteiger partial charge in [-0.15, -0.1) is 0 Å². The minimum absolute atomic E-state index is 0.0352. The van der Waals surface area contributed by atoms with Crippen molar-refractivity contribution < 1.29 is 30.3 Å². The molecule has 6 heteroatoms. The van der Waals surface area contributed by atoms with Gasteiger partial charge >= 0.3 is 0 Å². The lowest BCUT2D eigenvalue weighted by Gasteiger charge is -2.21. The summed E-state index contributed by atoms with van der Waals surface area (Å²) in [6.45, 7) is 0. The molecule has 0 spiro atoms. The van der Waals surface area contributed by atoms with E-state index >= 15 is 0 Å². The van der Waals surface area contributed by atoms with Crippen LogP contribution in [0, 0.1) is 0 Å². The molecule has 6 nitrogen and oxygen atoms in total. The summed E-state index contributed by atoms with van der Waals surface area (Å²) in [5.74, 6) is 0.243. The molecule has 4 aromatic rings. The van der Waals surface area contributed by atoms with Crippen LogP contribution in [0.1, 0.15) is 39.8 Å². The molecule has 170 valence electrons. The summed E-state index contributed by atoms with van der Waals surface area (Å²) in [5, 5.41) is 50.0. The molecule has 0 saturated heterocycles. The Morgan fingerprint density at radius 2 is 1.15 bits per heavy atom. The van der Waals surface area contributed by atoms with Crippen LogP contribution in [-0.4, -0.2) is 25.5 Å². The molecule has 4 aromatic carbocycles. The minimum atomic E-state index is -0.528. The van der Waals surface area contributed by atoms with Crippen molar-refractivity contribution in [3.8, 4) is 34.5 Å². The highest BCUT2D eigenvalue weighted by Gasteiger charge is 2.39. The lowest BCUT2D eigenvalue weighted by Crippen LogP contribution is -2.11. The lowest BCUT2D eigenvalue weighted by atomic mass is 9.82. The van der Waals surface area contributed by atoms with E-state index in [1.807, 2.05) is 12.2 Å². The quantitative estimate of drug-likeness (QED) is 0.255. The van der Waals surface area contributed by atoms with E-state index in [1.54, 1.807) is 72.8 Å². The van der Waals surface area contributed by atoms with Crippen molar-refractivity contribution in [3.63, 3.8) is 0 Å². The Morgan fingerprint density at radius 3 is 1.79 bits per heavy atom. The molecule has 34 heavy (non-hydrogen) atoms. The van der Waals surface area contributed by atoms with Crippen LogP contribution in [0.25, 0.3) is 12.2 Å². The van der Waals surface area contributed by atoms with Gasteiger partial charge in [0.25, 0.3) is 0 Å². The summed E-state index contributed by atoms with van der Waals surface area (Å²) < 4.78 is 6.30. The van der Waals surface area contributed by atoms with Crippen molar-refractivity contribution in [2.75, 3.05) is 0 Å². The van der Waals surface area contributed by atoms with Gasteiger partial charge in [0, 0.05) is 17.7 Å². The first-order valence-corrected chi connectivity index (χ1v) is 10.7. The summed E-state index contributed by atoms with van der Waals surface area (Å²) in [6.07, 6.45) is 3.18. The Labute approximate surface area is 195 Å². The monoisotopic (exact) mass is 454 g/mol. The highest BCUT2D eigenvalue weighted by Crippen LogP contribution is 2.53. The summed E-state index contributed by atoms with van der Waals surface area (Å²) in [7, 11) is 0. The SMILES string of the molecule is Oc1ccc(C=Cc2cc(O)cc3c2[C@@H](c2cc(O)cc(O)c2)[C@@H](c2ccc(O)cc2)O3)cc1. The van der Waals surface area contributed by atoms with Crippen LogP contribution in [0.2, 0.25) is 0 Å². The van der Waals surface area contributed by atoms with Crippen LogP contribution < -0.4 is 4.74 Å². The van der Waals surface area contributed by atoms with Gasteiger partial charge in [0.1, 0.15) is 40.6 Å². The Hall–Kier alpha value is -4.58. The maximum atomic E-state index is 10.4. The highest BCUT2D eigenvalue weighted by atomic mass is 16.5. The molecule has 0 bridgehead atoms. The van der Waals surface area contributed by atoms with Crippen molar-refractivity contribution >= 4 is 12.2 Å². The van der Waals surface area contributed by atoms with E-state index in [1.165, 1.54) is 6.07 Å². The molecule has 0 aliphatic carbocycles. The van der Waals surface area contributed by atoms with E-state index in [4.69, 9.17) is 4.74 Å². The fraction of sp³-hybridized carbons (Fsp3) is 0.0714. The summed E-state index contributed by atoms with van der Waals surface area (Å²) in [4.78, 5) is 0. The van der Waals surface area contributed by atoms with E-state index in [-0.39, 0.29) is 28.7 Å². The second kappa shape index (κ2) is 8.41. The second-order valence-corrected chi connectivity index (χ2v) is 8.26. The van der Waals surface area contributed by atoms with Crippen LogP contribution >= 0.6 is 0 Å². The lowest BCUT2D eigenvalue weighted by molar-refractivity contribution is 0.221. The fourth-order valence-electron chi connectivity index (χ4n) is 4.39. The summed E-state index contributed by atoms with van der Waals surface area (Å²) >= 11 is 0. The molecule has 0 fully saturated rings. The maximum absolute atomic E-state index is 10.4. The second-order valence-electron chi connectivity index (χ2n) is 8.26. The zero-order valence-corrected chi connectivity index (χ0v) is 18.0. The van der Waals surface area contributed by atoms with Crippen LogP contribution in [0.5, 0.6) is 34.5 Å². The number of aromatic hydroxyl groups is 5. The molecule has 0 amide bonds. The van der Waals surface area contributed by atoms with Crippen LogP contribution in [-0.2, 0) is 0 Å². The Kier molecular flexibility index (Phi) is 5.26. The predicted molar refractivity (Wildman–Crippen MR) is 128 cm³/mol. The predicted octanol–water partition coefficient (Wildman–Crippen LogP) is 5.65. The third-order valence-electron chi connectivity index (χ3n) is 5.88. The Morgan fingerprint density at radius 1 is 0.559 bits per heavy atom. The summed E-state index contributed by atoms with van der Waals surface area (Å²) in [6, 6.07) is 21.0. The van der Waals surface area contributed by atoms with E-state index in [2.05, 4.69) is 0 Å². The largest absolute Gasteiger partial charge is 0.508 e. The van der Waals surface area contributed by atoms with E-state index in [0.29, 0.717) is 16.9 Å². The van der Waals surface area contributed by atoms with Crippen molar-refractivity contribution in [3.05, 3.63) is 107 Å². The van der Waals surface area contributed by atoms with Crippen molar-refractivity contribution in [1.29, 1.82) is 0 Å². The number of phenols is 5. The first-order valence-electron chi connectivity index (χ1n) is 10.7. The molecular formula is C28H22O6. The fourth-order valence-corrected chi connectivity index (χ4v) is 4.39. The molecule has 0 unspecified atom stereocenters. The molecule has 1 aliphatic heterocycles.